The number of fused-ring (bicyclic) bond motifs is 1. The molecule has 0 spiro atoms. The van der Waals surface area contributed by atoms with Crippen LogP contribution in [0.15, 0.2) is 60.7 Å². The molecule has 0 bridgehead atoms. The average molecular weight is 443 g/mol. The van der Waals surface area contributed by atoms with Crippen LogP contribution >= 0.6 is 0 Å². The number of carbonyl (C=O) groups excluding carboxylic acids is 1. The Morgan fingerprint density at radius 3 is 2.09 bits per heavy atom. The number of nitrogens with zero attached hydrogens (tertiary/aromatic N) is 2. The van der Waals surface area contributed by atoms with Crippen molar-refractivity contribution in [2.75, 3.05) is 0 Å². The van der Waals surface area contributed by atoms with E-state index in [0.29, 0.717) is 23.7 Å². The number of rotatable bonds is 6. The van der Waals surface area contributed by atoms with Gasteiger partial charge in [-0.1, -0.05) is 102 Å². The third kappa shape index (κ3) is 4.43. The van der Waals surface area contributed by atoms with Gasteiger partial charge in [-0.05, 0) is 42.1 Å². The molecule has 0 fully saturated rings. The van der Waals surface area contributed by atoms with Gasteiger partial charge in [0.25, 0.3) is 5.91 Å². The monoisotopic (exact) mass is 442 g/mol. The first-order valence-electron chi connectivity index (χ1n) is 12.6. The summed E-state index contributed by atoms with van der Waals surface area (Å²) in [6.07, 6.45) is 2.28. The molecule has 0 radical (unpaired) electrons. The first-order chi connectivity index (χ1) is 15.8. The van der Waals surface area contributed by atoms with Gasteiger partial charge in [-0.3, -0.25) is 4.79 Å². The number of hydrogen-bond donors (Lipinski definition) is 0. The summed E-state index contributed by atoms with van der Waals surface area (Å²) >= 11 is 0. The molecular weight excluding hydrogens is 404 g/mol. The summed E-state index contributed by atoms with van der Waals surface area (Å²) in [5.74, 6) is 1.71. The minimum atomic E-state index is -0.177. The molecule has 0 N–H and O–H groups in total. The molecule has 4 rings (SSSR count). The second-order valence-corrected chi connectivity index (χ2v) is 10.6. The molecule has 3 nitrogen and oxygen atoms in total. The summed E-state index contributed by atoms with van der Waals surface area (Å²) in [4.78, 5) is 14.2. The van der Waals surface area contributed by atoms with Gasteiger partial charge in [0.1, 0.15) is 0 Å². The van der Waals surface area contributed by atoms with E-state index in [1.807, 2.05) is 12.1 Å². The molecule has 0 aliphatic heterocycles. The summed E-state index contributed by atoms with van der Waals surface area (Å²) in [6.45, 7) is 13.4. The van der Waals surface area contributed by atoms with Crippen LogP contribution < -0.4 is 0 Å². The summed E-state index contributed by atoms with van der Waals surface area (Å²) < 4.78 is 1.78. The zero-order valence-electron chi connectivity index (χ0n) is 21.0. The quantitative estimate of drug-likeness (QED) is 0.389. The molecule has 0 saturated carbocycles. The Balaban J connectivity index is 1.86. The van der Waals surface area contributed by atoms with E-state index in [4.69, 9.17) is 5.10 Å². The van der Waals surface area contributed by atoms with Crippen LogP contribution in [0.3, 0.4) is 0 Å². The van der Waals surface area contributed by atoms with Crippen LogP contribution in [0.1, 0.15) is 93.8 Å². The zero-order valence-corrected chi connectivity index (χ0v) is 21.0. The molecule has 0 amide bonds. The zero-order chi connectivity index (χ0) is 23.7. The predicted molar refractivity (Wildman–Crippen MR) is 137 cm³/mol. The second kappa shape index (κ2) is 9.67. The van der Waals surface area contributed by atoms with Crippen LogP contribution in [0.25, 0.3) is 11.3 Å². The van der Waals surface area contributed by atoms with Crippen molar-refractivity contribution in [1.29, 1.82) is 0 Å². The lowest BCUT2D eigenvalue weighted by Crippen LogP contribution is -2.29. The molecule has 4 atom stereocenters. The van der Waals surface area contributed by atoms with Crippen molar-refractivity contribution in [1.82, 2.24) is 9.78 Å². The SMILES string of the molecule is CC(C)C(c1ccccc1)C(C)C(=O)n1nc2c(c1-c1ccccc1)[C@H](C)CC[C@H]2C(C)C. The fourth-order valence-corrected chi connectivity index (χ4v) is 5.87. The number of aromatic nitrogens is 2. The Morgan fingerprint density at radius 2 is 1.52 bits per heavy atom. The Labute approximate surface area is 199 Å². The smallest absolute Gasteiger partial charge is 0.250 e. The molecule has 1 aromatic heterocycles. The highest BCUT2D eigenvalue weighted by atomic mass is 16.2. The molecule has 1 aliphatic carbocycles. The lowest BCUT2D eigenvalue weighted by Gasteiger charge is -2.29. The minimum Gasteiger partial charge on any atom is -0.272 e. The van der Waals surface area contributed by atoms with E-state index in [0.717, 1.165) is 29.8 Å². The molecule has 33 heavy (non-hydrogen) atoms. The lowest BCUT2D eigenvalue weighted by molar-refractivity contribution is 0.0794. The highest BCUT2D eigenvalue weighted by Gasteiger charge is 2.37. The molecule has 2 aromatic carbocycles. The van der Waals surface area contributed by atoms with Gasteiger partial charge in [0.05, 0.1) is 11.4 Å². The normalized spacial score (nSPS) is 20.0. The summed E-state index contributed by atoms with van der Waals surface area (Å²) in [7, 11) is 0. The van der Waals surface area contributed by atoms with Gasteiger partial charge in [0.15, 0.2) is 0 Å². The average Bonchev–Trinajstić information content (AvgIpc) is 3.21. The molecule has 1 heterocycles. The number of benzene rings is 2. The van der Waals surface area contributed by atoms with E-state index in [2.05, 4.69) is 90.1 Å². The van der Waals surface area contributed by atoms with Crippen molar-refractivity contribution in [3.63, 3.8) is 0 Å². The fourth-order valence-electron chi connectivity index (χ4n) is 5.87. The predicted octanol–water partition coefficient (Wildman–Crippen LogP) is 7.90. The van der Waals surface area contributed by atoms with Crippen molar-refractivity contribution in [3.8, 4) is 11.3 Å². The van der Waals surface area contributed by atoms with E-state index in [1.165, 1.54) is 11.1 Å². The number of carbonyl (C=O) groups is 1. The molecule has 3 heteroatoms. The van der Waals surface area contributed by atoms with Crippen molar-refractivity contribution in [2.24, 2.45) is 17.8 Å². The van der Waals surface area contributed by atoms with Crippen molar-refractivity contribution < 1.29 is 4.79 Å². The van der Waals surface area contributed by atoms with Gasteiger partial charge in [0, 0.05) is 23.0 Å². The van der Waals surface area contributed by atoms with Crippen LogP contribution in [-0.2, 0) is 0 Å². The van der Waals surface area contributed by atoms with E-state index < -0.39 is 0 Å². The van der Waals surface area contributed by atoms with E-state index in [9.17, 15) is 4.79 Å². The van der Waals surface area contributed by atoms with E-state index in [-0.39, 0.29) is 17.7 Å². The first-order valence-corrected chi connectivity index (χ1v) is 12.6. The Kier molecular flexibility index (Phi) is 6.88. The topological polar surface area (TPSA) is 34.9 Å². The highest BCUT2D eigenvalue weighted by Crippen LogP contribution is 2.46. The summed E-state index contributed by atoms with van der Waals surface area (Å²) in [5.41, 5.74) is 5.75. The molecular formula is C30H38N2O. The second-order valence-electron chi connectivity index (χ2n) is 10.6. The van der Waals surface area contributed by atoms with Gasteiger partial charge in [-0.2, -0.15) is 9.78 Å². The summed E-state index contributed by atoms with van der Waals surface area (Å²) in [6, 6.07) is 20.9. The van der Waals surface area contributed by atoms with Crippen molar-refractivity contribution >= 4 is 5.91 Å². The van der Waals surface area contributed by atoms with Crippen LogP contribution in [0, 0.1) is 17.8 Å². The van der Waals surface area contributed by atoms with E-state index in [1.54, 1.807) is 4.68 Å². The third-order valence-electron chi connectivity index (χ3n) is 7.60. The van der Waals surface area contributed by atoms with Gasteiger partial charge in [0.2, 0.25) is 0 Å². The lowest BCUT2D eigenvalue weighted by atomic mass is 9.75. The Bertz CT molecular complexity index is 1080. The van der Waals surface area contributed by atoms with Crippen molar-refractivity contribution in [3.05, 3.63) is 77.5 Å². The maximum absolute atomic E-state index is 14.2. The standard InChI is InChI=1S/C30H38N2O/c1-19(2)25-18-17-21(5)27-28(25)31-32(29(27)24-15-11-8-12-16-24)30(33)22(6)26(20(3)4)23-13-9-7-10-14-23/h7-16,19-22,25-26H,17-18H2,1-6H3/t21-,22?,25+,26?/m1/s1. The van der Waals surface area contributed by atoms with Crippen LogP contribution in [-0.4, -0.2) is 15.7 Å². The van der Waals surface area contributed by atoms with Gasteiger partial charge >= 0.3 is 0 Å². The maximum atomic E-state index is 14.2. The summed E-state index contributed by atoms with van der Waals surface area (Å²) in [5, 5.41) is 5.10. The maximum Gasteiger partial charge on any atom is 0.250 e. The van der Waals surface area contributed by atoms with Gasteiger partial charge in [-0.15, -0.1) is 0 Å². The van der Waals surface area contributed by atoms with Gasteiger partial charge < -0.3 is 0 Å². The Hall–Kier alpha value is -2.68. The molecule has 3 aromatic rings. The minimum absolute atomic E-state index is 0.0977. The van der Waals surface area contributed by atoms with Crippen molar-refractivity contribution in [2.45, 2.75) is 72.1 Å². The van der Waals surface area contributed by atoms with Gasteiger partial charge in [-0.25, -0.2) is 0 Å². The van der Waals surface area contributed by atoms with Crippen LogP contribution in [0.5, 0.6) is 0 Å². The molecule has 0 saturated heterocycles. The molecule has 2 unspecified atom stereocenters. The van der Waals surface area contributed by atoms with Crippen LogP contribution in [0.2, 0.25) is 0 Å². The molecule has 1 aliphatic rings. The third-order valence-corrected chi connectivity index (χ3v) is 7.60. The van der Waals surface area contributed by atoms with E-state index >= 15 is 0 Å². The number of hydrogen-bond acceptors (Lipinski definition) is 2. The fraction of sp³-hybridized carbons (Fsp3) is 0.467. The Morgan fingerprint density at radius 1 is 0.909 bits per heavy atom. The highest BCUT2D eigenvalue weighted by molar-refractivity contribution is 5.87. The largest absolute Gasteiger partial charge is 0.272 e. The first kappa shape index (κ1) is 23.5. The molecule has 174 valence electrons. The van der Waals surface area contributed by atoms with Crippen LogP contribution in [0.4, 0.5) is 0 Å².